The van der Waals surface area contributed by atoms with Gasteiger partial charge >= 0.3 is 0 Å². The van der Waals surface area contributed by atoms with E-state index in [1.54, 1.807) is 13.3 Å². The normalized spacial score (nSPS) is 14.6. The first kappa shape index (κ1) is 17.6. The van der Waals surface area contributed by atoms with Crippen LogP contribution in [0.25, 0.3) is 0 Å². The molecule has 1 unspecified atom stereocenters. The van der Waals surface area contributed by atoms with Crippen molar-refractivity contribution >= 4 is 11.4 Å². The standard InChI is InChI=1S/C23H24N2O2/c1-26-22-13-11-21(12-14-22)25(20-7-3-2-4-8-20)23(27-17-18-9-10-18)19-6-5-15-24-16-19/h2-8,11-16,18,23H,9-10,17H2,1H3. The van der Waals surface area contributed by atoms with Crippen molar-refractivity contribution in [3.63, 3.8) is 0 Å². The molecule has 4 rings (SSSR count). The van der Waals surface area contributed by atoms with E-state index in [0.717, 1.165) is 29.3 Å². The Kier molecular flexibility index (Phi) is 5.35. The minimum atomic E-state index is -0.241. The van der Waals surface area contributed by atoms with E-state index in [1.165, 1.54) is 12.8 Å². The number of nitrogens with zero attached hydrogens (tertiary/aromatic N) is 2. The Labute approximate surface area is 160 Å². The number of benzene rings is 2. The average Bonchev–Trinajstić information content (AvgIpc) is 3.57. The quantitative estimate of drug-likeness (QED) is 0.507. The fraction of sp³-hybridized carbons (Fsp3) is 0.261. The Hall–Kier alpha value is -2.85. The van der Waals surface area contributed by atoms with E-state index in [9.17, 15) is 0 Å². The molecule has 1 heterocycles. The Morgan fingerprint density at radius 3 is 2.33 bits per heavy atom. The molecule has 4 heteroatoms. The minimum absolute atomic E-state index is 0.241. The van der Waals surface area contributed by atoms with E-state index >= 15 is 0 Å². The highest BCUT2D eigenvalue weighted by Gasteiger charge is 2.28. The van der Waals surface area contributed by atoms with E-state index in [2.05, 4.69) is 40.2 Å². The Morgan fingerprint density at radius 2 is 1.70 bits per heavy atom. The number of anilines is 2. The summed E-state index contributed by atoms with van der Waals surface area (Å²) in [6.07, 6.45) is 5.95. The van der Waals surface area contributed by atoms with Gasteiger partial charge in [0.25, 0.3) is 0 Å². The van der Waals surface area contributed by atoms with Gasteiger partial charge in [0.05, 0.1) is 13.7 Å². The van der Waals surface area contributed by atoms with Crippen molar-refractivity contribution in [2.75, 3.05) is 18.6 Å². The molecule has 3 aromatic rings. The van der Waals surface area contributed by atoms with Crippen LogP contribution in [0.15, 0.2) is 79.1 Å². The molecule has 0 aliphatic heterocycles. The predicted molar refractivity (Wildman–Crippen MR) is 107 cm³/mol. The van der Waals surface area contributed by atoms with Gasteiger partial charge in [0.2, 0.25) is 0 Å². The third kappa shape index (κ3) is 4.29. The number of hydrogen-bond acceptors (Lipinski definition) is 4. The van der Waals surface area contributed by atoms with Crippen molar-refractivity contribution < 1.29 is 9.47 Å². The maximum absolute atomic E-state index is 6.43. The molecule has 138 valence electrons. The van der Waals surface area contributed by atoms with Gasteiger partial charge in [-0.05, 0) is 61.2 Å². The molecule has 4 nitrogen and oxygen atoms in total. The van der Waals surface area contributed by atoms with Gasteiger partial charge in [0, 0.05) is 29.3 Å². The van der Waals surface area contributed by atoms with Crippen LogP contribution < -0.4 is 9.64 Å². The van der Waals surface area contributed by atoms with Crippen LogP contribution in [0.1, 0.15) is 24.6 Å². The van der Waals surface area contributed by atoms with Gasteiger partial charge in [-0.15, -0.1) is 0 Å². The molecular weight excluding hydrogens is 336 g/mol. The molecule has 0 spiro atoms. The van der Waals surface area contributed by atoms with Gasteiger partial charge < -0.3 is 14.4 Å². The molecule has 1 aliphatic carbocycles. The van der Waals surface area contributed by atoms with Gasteiger partial charge in [-0.2, -0.15) is 0 Å². The Balaban J connectivity index is 1.75. The molecule has 2 aromatic carbocycles. The number of para-hydroxylation sites is 1. The summed E-state index contributed by atoms with van der Waals surface area (Å²) in [5.74, 6) is 1.52. The first-order chi connectivity index (χ1) is 13.3. The third-order valence-corrected chi connectivity index (χ3v) is 4.78. The maximum Gasteiger partial charge on any atom is 0.162 e. The van der Waals surface area contributed by atoms with Crippen LogP contribution in [0.2, 0.25) is 0 Å². The van der Waals surface area contributed by atoms with E-state index in [-0.39, 0.29) is 6.23 Å². The summed E-state index contributed by atoms with van der Waals surface area (Å²) >= 11 is 0. The highest BCUT2D eigenvalue weighted by Crippen LogP contribution is 2.38. The van der Waals surface area contributed by atoms with E-state index in [4.69, 9.17) is 9.47 Å². The van der Waals surface area contributed by atoms with Crippen molar-refractivity contribution in [3.8, 4) is 5.75 Å². The molecule has 0 amide bonds. The lowest BCUT2D eigenvalue weighted by molar-refractivity contribution is 0.0493. The molecule has 1 aromatic heterocycles. The molecular formula is C23H24N2O2. The summed E-state index contributed by atoms with van der Waals surface area (Å²) in [7, 11) is 1.68. The minimum Gasteiger partial charge on any atom is -0.497 e. The number of methoxy groups -OCH3 is 1. The molecule has 1 aliphatic rings. The van der Waals surface area contributed by atoms with Crippen molar-refractivity contribution in [1.29, 1.82) is 0 Å². The SMILES string of the molecule is COc1ccc(N(c2ccccc2)C(OCC2CC2)c2cccnc2)cc1. The second kappa shape index (κ2) is 8.23. The van der Waals surface area contributed by atoms with Crippen molar-refractivity contribution in [3.05, 3.63) is 84.7 Å². The molecule has 0 N–H and O–H groups in total. The van der Waals surface area contributed by atoms with E-state index in [1.807, 2.05) is 42.6 Å². The van der Waals surface area contributed by atoms with E-state index in [0.29, 0.717) is 5.92 Å². The molecule has 1 fully saturated rings. The molecule has 0 radical (unpaired) electrons. The van der Waals surface area contributed by atoms with Crippen molar-refractivity contribution in [1.82, 2.24) is 4.98 Å². The monoisotopic (exact) mass is 360 g/mol. The number of ether oxygens (including phenoxy) is 2. The van der Waals surface area contributed by atoms with Crippen LogP contribution in [-0.4, -0.2) is 18.7 Å². The smallest absolute Gasteiger partial charge is 0.162 e. The molecule has 0 saturated heterocycles. The zero-order chi connectivity index (χ0) is 18.5. The van der Waals surface area contributed by atoms with Gasteiger partial charge in [-0.25, -0.2) is 0 Å². The topological polar surface area (TPSA) is 34.6 Å². The lowest BCUT2D eigenvalue weighted by atomic mass is 10.1. The summed E-state index contributed by atoms with van der Waals surface area (Å²) in [6.45, 7) is 0.763. The number of hydrogen-bond donors (Lipinski definition) is 0. The van der Waals surface area contributed by atoms with Crippen LogP contribution in [-0.2, 0) is 4.74 Å². The summed E-state index contributed by atoms with van der Waals surface area (Å²) in [5.41, 5.74) is 3.16. The van der Waals surface area contributed by atoms with E-state index < -0.39 is 0 Å². The third-order valence-electron chi connectivity index (χ3n) is 4.78. The van der Waals surface area contributed by atoms with Crippen molar-refractivity contribution in [2.45, 2.75) is 19.1 Å². The molecule has 0 bridgehead atoms. The maximum atomic E-state index is 6.43. The Morgan fingerprint density at radius 1 is 0.963 bits per heavy atom. The van der Waals surface area contributed by atoms with Crippen LogP contribution in [0.4, 0.5) is 11.4 Å². The fourth-order valence-electron chi connectivity index (χ4n) is 3.10. The number of rotatable bonds is 8. The highest BCUT2D eigenvalue weighted by atomic mass is 16.5. The largest absolute Gasteiger partial charge is 0.497 e. The van der Waals surface area contributed by atoms with Crippen LogP contribution in [0.3, 0.4) is 0 Å². The van der Waals surface area contributed by atoms with Gasteiger partial charge in [-0.1, -0.05) is 24.3 Å². The van der Waals surface area contributed by atoms with Crippen molar-refractivity contribution in [2.24, 2.45) is 5.92 Å². The summed E-state index contributed by atoms with van der Waals surface area (Å²) in [5, 5.41) is 0. The summed E-state index contributed by atoms with van der Waals surface area (Å²) in [4.78, 5) is 6.54. The van der Waals surface area contributed by atoms with Crippen LogP contribution in [0, 0.1) is 5.92 Å². The number of pyridine rings is 1. The number of aromatic nitrogens is 1. The second-order valence-corrected chi connectivity index (χ2v) is 6.82. The average molecular weight is 360 g/mol. The first-order valence-electron chi connectivity index (χ1n) is 9.35. The summed E-state index contributed by atoms with van der Waals surface area (Å²) < 4.78 is 11.8. The lowest BCUT2D eigenvalue weighted by Gasteiger charge is -2.34. The first-order valence-corrected chi connectivity index (χ1v) is 9.35. The molecule has 1 saturated carbocycles. The lowest BCUT2D eigenvalue weighted by Crippen LogP contribution is -2.27. The van der Waals surface area contributed by atoms with Gasteiger partial charge in [0.15, 0.2) is 6.23 Å². The zero-order valence-corrected chi connectivity index (χ0v) is 15.5. The van der Waals surface area contributed by atoms with Crippen LogP contribution >= 0.6 is 0 Å². The van der Waals surface area contributed by atoms with Crippen LogP contribution in [0.5, 0.6) is 5.75 Å². The molecule has 27 heavy (non-hydrogen) atoms. The predicted octanol–water partition coefficient (Wildman–Crippen LogP) is 5.35. The van der Waals surface area contributed by atoms with Gasteiger partial charge in [0.1, 0.15) is 5.75 Å². The summed E-state index contributed by atoms with van der Waals surface area (Å²) in [6, 6.07) is 22.5. The zero-order valence-electron chi connectivity index (χ0n) is 15.5. The Bertz CT molecular complexity index is 833. The highest BCUT2D eigenvalue weighted by molar-refractivity contribution is 5.65. The fourth-order valence-corrected chi connectivity index (χ4v) is 3.10. The van der Waals surface area contributed by atoms with Gasteiger partial charge in [-0.3, -0.25) is 4.98 Å². The molecule has 1 atom stereocenters. The second-order valence-electron chi connectivity index (χ2n) is 6.82.